The molecule has 640 valence electrons. The van der Waals surface area contributed by atoms with Crippen molar-refractivity contribution in [2.45, 2.75) is 293 Å². The Morgan fingerprint density at radius 3 is 1.27 bits per heavy atom. The largest absolute Gasteiger partial charge is 0.514 e. The molecule has 0 amide bonds. The Morgan fingerprint density at radius 2 is 0.867 bits per heavy atom. The van der Waals surface area contributed by atoms with Crippen LogP contribution in [-0.4, -0.2) is 163 Å². The lowest BCUT2D eigenvalue weighted by molar-refractivity contribution is -0.384. The number of rotatable bonds is 33. The lowest BCUT2D eigenvalue weighted by atomic mass is 9.52. The molecule has 6 fully saturated rings. The molecule has 113 heavy (non-hydrogen) atoms. The zero-order valence-corrected chi connectivity index (χ0v) is 70.1. The molecule has 16 nitrogen and oxygen atoms in total. The van der Waals surface area contributed by atoms with E-state index in [1.54, 1.807) is 0 Å². The molecule has 4 saturated carbocycles. The number of ether oxygens (including phenoxy) is 4. The molecule has 2 unspecified atom stereocenters. The second-order valence-corrected chi connectivity index (χ2v) is 37.5. The number of fused-ring (bicyclic) bond motifs is 10. The molecule has 6 aliphatic carbocycles. The van der Waals surface area contributed by atoms with Crippen LogP contribution in [0.1, 0.15) is 253 Å². The molecule has 3 N–H and O–H groups in total. The van der Waals surface area contributed by atoms with E-state index in [9.17, 15) is 87.3 Å². The fourth-order valence-electron chi connectivity index (χ4n) is 20.0. The van der Waals surface area contributed by atoms with E-state index >= 15 is 0 Å². The number of phenols is 1. The number of aliphatic hydroxyl groups is 2. The minimum Gasteiger partial charge on any atom is -0.508 e. The molecule has 8 aliphatic rings. The van der Waals surface area contributed by atoms with Gasteiger partial charge >= 0.3 is 36.5 Å². The normalized spacial score (nSPS) is 27.2. The zero-order valence-electron chi connectivity index (χ0n) is 66.2. The predicted molar refractivity (Wildman–Crippen MR) is 427 cm³/mol. The summed E-state index contributed by atoms with van der Waals surface area (Å²) in [7, 11) is 1.35. The Kier molecular flexibility index (Phi) is 35.8. The summed E-state index contributed by atoms with van der Waals surface area (Å²) < 4.78 is 171. The van der Waals surface area contributed by atoms with Crippen LogP contribution in [0.15, 0.2) is 60.7 Å². The maximum absolute atomic E-state index is 13.0. The number of carbonyl (C=O) groups is 2. The van der Waals surface area contributed by atoms with Gasteiger partial charge in [-0.25, -0.2) is 9.59 Å². The highest BCUT2D eigenvalue weighted by Crippen LogP contribution is 2.65. The first kappa shape index (κ1) is 94.1. The molecule has 0 radical (unpaired) electrons. The van der Waals surface area contributed by atoms with Gasteiger partial charge in [0, 0.05) is 95.8 Å². The van der Waals surface area contributed by atoms with Crippen LogP contribution in [0.4, 0.5) is 59.2 Å². The highest BCUT2D eigenvalue weighted by atomic mass is 127. The van der Waals surface area contributed by atoms with Gasteiger partial charge in [0.2, 0.25) is 0 Å². The third-order valence-electron chi connectivity index (χ3n) is 26.4. The van der Waals surface area contributed by atoms with Gasteiger partial charge in [-0.2, -0.15) is 43.9 Å². The van der Waals surface area contributed by atoms with Crippen molar-refractivity contribution in [2.75, 3.05) is 63.3 Å². The molecular formula is C84H122F10IN3O13S2. The predicted octanol–water partition coefficient (Wildman–Crippen LogP) is 21.1. The number of nitro groups is 1. The average molecular weight is 1760 g/mol. The van der Waals surface area contributed by atoms with Crippen molar-refractivity contribution in [1.82, 2.24) is 9.80 Å². The summed E-state index contributed by atoms with van der Waals surface area (Å²) in [6.07, 6.45) is 12.9. The number of unbranched alkanes of at least 4 members (excludes halogenated alkanes) is 12. The van der Waals surface area contributed by atoms with Crippen LogP contribution < -0.4 is 9.47 Å². The molecule has 0 spiro atoms. The number of aromatic hydroxyl groups is 1. The number of hydrogen-bond acceptors (Lipinski definition) is 15. The van der Waals surface area contributed by atoms with Gasteiger partial charge < -0.3 is 44.1 Å². The number of benzene rings is 3. The van der Waals surface area contributed by atoms with E-state index in [4.69, 9.17) is 18.9 Å². The molecule has 2 heterocycles. The third-order valence-corrected chi connectivity index (χ3v) is 29.4. The van der Waals surface area contributed by atoms with Crippen molar-refractivity contribution in [3.8, 4) is 17.2 Å². The lowest BCUT2D eigenvalue weighted by Crippen LogP contribution is -2.47. The monoisotopic (exact) mass is 1760 g/mol. The topological polar surface area (TPSA) is 216 Å². The van der Waals surface area contributed by atoms with E-state index in [1.165, 1.54) is 46.5 Å². The summed E-state index contributed by atoms with van der Waals surface area (Å²) in [5, 5.41) is 42.5. The quantitative estimate of drug-likeness (QED) is 0.00983. The van der Waals surface area contributed by atoms with Crippen molar-refractivity contribution in [3.05, 3.63) is 93.0 Å². The number of carbonyl (C=O) groups excluding carboxylic acids is 2. The Balaban J connectivity index is 0.000000230. The summed E-state index contributed by atoms with van der Waals surface area (Å²) in [5.74, 6) is -3.71. The maximum atomic E-state index is 13.0. The molecule has 3 aromatic rings. The van der Waals surface area contributed by atoms with Gasteiger partial charge in [-0.05, 0) is 259 Å². The van der Waals surface area contributed by atoms with E-state index in [-0.39, 0.29) is 82.2 Å². The summed E-state index contributed by atoms with van der Waals surface area (Å²) in [6.45, 7) is 8.17. The smallest absolute Gasteiger partial charge is 0.508 e. The van der Waals surface area contributed by atoms with Crippen LogP contribution in [-0.2, 0) is 43.9 Å². The molecule has 2 saturated heterocycles. The number of aliphatic hydroxyl groups excluding tert-OH is 2. The minimum absolute atomic E-state index is 0. The number of halogens is 11. The Hall–Kier alpha value is -4.43. The zero-order chi connectivity index (χ0) is 81.2. The van der Waals surface area contributed by atoms with Crippen LogP contribution in [0.2, 0.25) is 0 Å². The van der Waals surface area contributed by atoms with Crippen molar-refractivity contribution in [3.63, 3.8) is 0 Å². The van der Waals surface area contributed by atoms with Gasteiger partial charge in [-0.3, -0.25) is 18.5 Å². The number of hydrogen-bond donors (Lipinski definition) is 3. The number of alkyl halides is 10. The van der Waals surface area contributed by atoms with Gasteiger partial charge in [0.15, 0.2) is 0 Å². The van der Waals surface area contributed by atoms with Crippen LogP contribution in [0.3, 0.4) is 0 Å². The van der Waals surface area contributed by atoms with Gasteiger partial charge in [0.05, 0.1) is 17.1 Å². The van der Waals surface area contributed by atoms with E-state index < -0.39 is 88.7 Å². The second-order valence-electron chi connectivity index (χ2n) is 34.1. The van der Waals surface area contributed by atoms with Crippen molar-refractivity contribution < 1.29 is 101 Å². The van der Waals surface area contributed by atoms with Gasteiger partial charge in [-0.15, -0.1) is 24.0 Å². The molecule has 0 bridgehead atoms. The van der Waals surface area contributed by atoms with Gasteiger partial charge in [0.1, 0.15) is 29.5 Å². The molecule has 3 aromatic carbocycles. The number of non-ortho nitro benzene ring substituents is 1. The minimum atomic E-state index is -5.56. The first-order chi connectivity index (χ1) is 53.0. The van der Waals surface area contributed by atoms with E-state index in [0.717, 1.165) is 206 Å². The fourth-order valence-corrected chi connectivity index (χ4v) is 22.4. The molecular weight excluding hydrogens is 1640 g/mol. The van der Waals surface area contributed by atoms with E-state index in [1.807, 2.05) is 25.2 Å². The highest BCUT2D eigenvalue weighted by molar-refractivity contribution is 14.0. The summed E-state index contributed by atoms with van der Waals surface area (Å²) >= 11 is 0. The van der Waals surface area contributed by atoms with Crippen LogP contribution in [0, 0.1) is 56.5 Å². The Labute approximate surface area is 682 Å². The Morgan fingerprint density at radius 1 is 0.504 bits per heavy atom. The van der Waals surface area contributed by atoms with Crippen LogP contribution in [0.5, 0.6) is 17.2 Å². The average Bonchev–Trinajstić information content (AvgIpc) is 1.68. The van der Waals surface area contributed by atoms with Crippen molar-refractivity contribution in [1.29, 1.82) is 0 Å². The summed E-state index contributed by atoms with van der Waals surface area (Å²) in [6, 6.07) is 17.3. The molecule has 11 rings (SSSR count). The maximum Gasteiger partial charge on any atom is 0.514 e. The van der Waals surface area contributed by atoms with Crippen LogP contribution >= 0.6 is 24.0 Å². The standard InChI is InChI=1S/C39H58F5NO5S.C32H47F5O3S.C13H16N2O5.HI/c1-37-20-16-32-31-13-12-30(50-36(47)49-29-17-21-45(2)22-18-29)26-28(31)25-27(35(32)33(37)14-15-34(37)46)11-8-6-4-3-5-7-9-23-51(48)24-10-19-38(40,41)39(42,43)44;1-30-17-15-26-25-12-11-24(38)21-23(25)20-22(29(26)27(30)13-14-28(30)39)10-7-5-3-2-4-6-8-18-41(40)19-9-16-31(33,34)32(35,36)37;1-14-8-6-12(7-9-14)20-13(16)19-11-4-2-10(3-5-11)15(17)18;/h12-13,26-27,29,32-35,46H,3-11,14-25H2,1-2H3;11-12,21-22,26-29,38-39H,2-10,13-20H2,1H3;2-5,12H,6-9H2,1H3;1H/t27-,32-,33+,34+,35-,37+,51?;22-,26-,27+,28+,29-,30+,41?;;/m11../s1. The molecule has 2 aliphatic heterocycles. The molecule has 0 aromatic heterocycles. The number of nitrogens with zero attached hydrogens (tertiary/aromatic N) is 3. The molecule has 29 heteroatoms. The number of likely N-dealkylation sites (tertiary alicyclic amines) is 2. The first-order valence-corrected chi connectivity index (χ1v) is 44.3. The number of piperidine rings is 2. The summed E-state index contributed by atoms with van der Waals surface area (Å²) in [4.78, 5) is 38.6. The lowest BCUT2D eigenvalue weighted by Gasteiger charge is -2.53. The third kappa shape index (κ3) is 26.3. The van der Waals surface area contributed by atoms with E-state index in [2.05, 4.69) is 48.9 Å². The highest BCUT2D eigenvalue weighted by Gasteiger charge is 2.60. The van der Waals surface area contributed by atoms with Crippen LogP contribution in [0.25, 0.3) is 0 Å². The van der Waals surface area contributed by atoms with Crippen molar-refractivity contribution >= 4 is 63.6 Å². The summed E-state index contributed by atoms with van der Waals surface area (Å²) in [5.41, 5.74) is 5.27. The van der Waals surface area contributed by atoms with E-state index in [0.29, 0.717) is 83.2 Å². The van der Waals surface area contributed by atoms with Crippen molar-refractivity contribution in [2.24, 2.45) is 46.3 Å². The second kappa shape index (κ2) is 43.0. The number of nitro benzene ring substituents is 1. The number of phenolic OH excluding ortho intramolecular Hbond substituents is 1. The fraction of sp³-hybridized carbons (Fsp3) is 0.762. The SMILES string of the molecule is CN1CCC(OC(=O)Oc2ccc([N+](=O)[O-])cc2)CC1.CN1CCC(OC(=O)Oc2ccc3c(c2)C[C@@H](CCCCCCCCCS(=O)CCCC(F)(F)C(F)(F)F)[C@@H]2[C@@H]3CC[C@]3(C)[C@@H](O)CC[C@@H]23)CC1.C[C@]12CC[C@@H]3c4ccc(O)cc4C[C@@H](CCCCCCCCCS(=O)CCCC(F)(F)C(F)(F)F)[C@H]3[C@@H]1CC[C@@H]2O.I. The van der Waals surface area contributed by atoms with Gasteiger partial charge in [0.25, 0.3) is 5.69 Å². The van der Waals surface area contributed by atoms with Gasteiger partial charge in [-0.1, -0.05) is 103 Å². The first-order valence-electron chi connectivity index (χ1n) is 41.3. The molecule has 14 atom stereocenters. The Bertz CT molecular complexity index is 3530.